The molecule has 2 aromatic rings. The summed E-state index contributed by atoms with van der Waals surface area (Å²) in [5.74, 6) is -2.30. The lowest BCUT2D eigenvalue weighted by Gasteiger charge is -2.15. The maximum absolute atomic E-state index is 12.3. The number of benzene rings is 2. The molecule has 2 aromatic carbocycles. The SMILES string of the molecule is O=C(O)[C@H]1CCC[C@@H]1C(=O)Nc1ccc(-c2ccc([N+](=O)[O-])cc2)cc1. The molecule has 0 radical (unpaired) electrons. The summed E-state index contributed by atoms with van der Waals surface area (Å²) in [5, 5.41) is 22.7. The average Bonchev–Trinajstić information content (AvgIpc) is 3.13. The molecule has 0 saturated heterocycles. The van der Waals surface area contributed by atoms with Crippen molar-refractivity contribution in [2.45, 2.75) is 19.3 Å². The number of nitro benzene ring substituents is 1. The number of carbonyl (C=O) groups is 2. The Balaban J connectivity index is 1.68. The number of carbonyl (C=O) groups excluding carboxylic acids is 1. The van der Waals surface area contributed by atoms with E-state index in [-0.39, 0.29) is 11.6 Å². The fraction of sp³-hybridized carbons (Fsp3) is 0.263. The van der Waals surface area contributed by atoms with Crippen LogP contribution >= 0.6 is 0 Å². The van der Waals surface area contributed by atoms with Crippen LogP contribution in [0.25, 0.3) is 11.1 Å². The standard InChI is InChI=1S/C19H18N2O5/c22-18(16-2-1-3-17(16)19(23)24)20-14-8-4-12(5-9-14)13-6-10-15(11-7-13)21(25)26/h4-11,16-17H,1-3H2,(H,20,22)(H,23,24)/t16-,17-/m0/s1. The lowest BCUT2D eigenvalue weighted by Crippen LogP contribution is -2.29. The van der Waals surface area contributed by atoms with Crippen LogP contribution in [-0.2, 0) is 9.59 Å². The quantitative estimate of drug-likeness (QED) is 0.628. The van der Waals surface area contributed by atoms with Crippen molar-refractivity contribution in [3.05, 3.63) is 58.6 Å². The summed E-state index contributed by atoms with van der Waals surface area (Å²) in [7, 11) is 0. The molecule has 0 bridgehead atoms. The van der Waals surface area contributed by atoms with E-state index in [1.54, 1.807) is 36.4 Å². The summed E-state index contributed by atoms with van der Waals surface area (Å²) in [5.41, 5.74) is 2.32. The van der Waals surface area contributed by atoms with Crippen molar-refractivity contribution in [2.75, 3.05) is 5.32 Å². The van der Waals surface area contributed by atoms with E-state index < -0.39 is 22.7 Å². The molecule has 0 aromatic heterocycles. The summed E-state index contributed by atoms with van der Waals surface area (Å²) in [4.78, 5) is 33.8. The van der Waals surface area contributed by atoms with Gasteiger partial charge >= 0.3 is 5.97 Å². The van der Waals surface area contributed by atoms with Gasteiger partial charge in [0.1, 0.15) is 0 Å². The van der Waals surface area contributed by atoms with Crippen LogP contribution in [0.1, 0.15) is 19.3 Å². The normalized spacial score (nSPS) is 19.1. The molecule has 7 heteroatoms. The highest BCUT2D eigenvalue weighted by Crippen LogP contribution is 2.33. The van der Waals surface area contributed by atoms with Gasteiger partial charge < -0.3 is 10.4 Å². The van der Waals surface area contributed by atoms with Gasteiger partial charge in [0.25, 0.3) is 5.69 Å². The number of anilines is 1. The molecule has 0 unspecified atom stereocenters. The first-order valence-corrected chi connectivity index (χ1v) is 8.34. The number of carboxylic acids is 1. The predicted octanol–water partition coefficient (Wildman–Crippen LogP) is 3.70. The van der Waals surface area contributed by atoms with Gasteiger partial charge in [0.05, 0.1) is 16.8 Å². The number of nitrogens with zero attached hydrogens (tertiary/aromatic N) is 1. The first-order valence-electron chi connectivity index (χ1n) is 8.34. The molecular weight excluding hydrogens is 336 g/mol. The smallest absolute Gasteiger partial charge is 0.307 e. The van der Waals surface area contributed by atoms with Crippen molar-refractivity contribution < 1.29 is 19.6 Å². The molecular formula is C19H18N2O5. The van der Waals surface area contributed by atoms with Crippen LogP contribution in [0.15, 0.2) is 48.5 Å². The number of hydrogen-bond acceptors (Lipinski definition) is 4. The van der Waals surface area contributed by atoms with Gasteiger partial charge in [-0.1, -0.05) is 18.6 Å². The molecule has 3 rings (SSSR count). The molecule has 2 N–H and O–H groups in total. The third-order valence-corrected chi connectivity index (χ3v) is 4.73. The number of aliphatic carboxylic acids is 1. The van der Waals surface area contributed by atoms with Crippen LogP contribution in [-0.4, -0.2) is 21.9 Å². The van der Waals surface area contributed by atoms with Crippen LogP contribution < -0.4 is 5.32 Å². The Morgan fingerprint density at radius 1 is 0.962 bits per heavy atom. The minimum atomic E-state index is -0.920. The number of amides is 1. The van der Waals surface area contributed by atoms with Crippen LogP contribution in [0.2, 0.25) is 0 Å². The molecule has 2 atom stereocenters. The molecule has 1 aliphatic carbocycles. The third kappa shape index (κ3) is 3.72. The zero-order chi connectivity index (χ0) is 18.7. The lowest BCUT2D eigenvalue weighted by atomic mass is 9.95. The predicted molar refractivity (Wildman–Crippen MR) is 95.6 cm³/mol. The first kappa shape index (κ1) is 17.6. The number of nitrogens with one attached hydrogen (secondary N) is 1. The van der Waals surface area contributed by atoms with E-state index in [4.69, 9.17) is 0 Å². The van der Waals surface area contributed by atoms with Gasteiger partial charge in [-0.2, -0.15) is 0 Å². The highest BCUT2D eigenvalue weighted by molar-refractivity contribution is 5.95. The van der Waals surface area contributed by atoms with Crippen molar-refractivity contribution in [1.29, 1.82) is 0 Å². The Morgan fingerprint density at radius 3 is 2.04 bits per heavy atom. The molecule has 0 heterocycles. The Labute approximate surface area is 149 Å². The van der Waals surface area contributed by atoms with E-state index >= 15 is 0 Å². The van der Waals surface area contributed by atoms with Crippen molar-refractivity contribution in [3.63, 3.8) is 0 Å². The zero-order valence-corrected chi connectivity index (χ0v) is 13.9. The van der Waals surface area contributed by atoms with E-state index in [2.05, 4.69) is 5.32 Å². The molecule has 1 aliphatic rings. The summed E-state index contributed by atoms with van der Waals surface area (Å²) >= 11 is 0. The van der Waals surface area contributed by atoms with E-state index in [1.807, 2.05) is 0 Å². The minimum absolute atomic E-state index is 0.0298. The first-order chi connectivity index (χ1) is 12.5. The van der Waals surface area contributed by atoms with E-state index in [1.165, 1.54) is 12.1 Å². The van der Waals surface area contributed by atoms with Gasteiger partial charge in [-0.3, -0.25) is 19.7 Å². The topological polar surface area (TPSA) is 110 Å². The number of rotatable bonds is 5. The summed E-state index contributed by atoms with van der Waals surface area (Å²) in [6.45, 7) is 0. The number of hydrogen-bond donors (Lipinski definition) is 2. The monoisotopic (exact) mass is 354 g/mol. The summed E-state index contributed by atoms with van der Waals surface area (Å²) in [6.07, 6.45) is 1.87. The van der Waals surface area contributed by atoms with E-state index in [0.29, 0.717) is 18.5 Å². The molecule has 7 nitrogen and oxygen atoms in total. The van der Waals surface area contributed by atoms with Gasteiger partial charge in [0.2, 0.25) is 5.91 Å². The van der Waals surface area contributed by atoms with Gasteiger partial charge in [-0.15, -0.1) is 0 Å². The average molecular weight is 354 g/mol. The second kappa shape index (κ2) is 7.35. The molecule has 1 saturated carbocycles. The minimum Gasteiger partial charge on any atom is -0.481 e. The second-order valence-corrected chi connectivity index (χ2v) is 6.35. The fourth-order valence-corrected chi connectivity index (χ4v) is 3.33. The lowest BCUT2D eigenvalue weighted by molar-refractivity contribution is -0.384. The van der Waals surface area contributed by atoms with E-state index in [0.717, 1.165) is 17.5 Å². The van der Waals surface area contributed by atoms with Crippen molar-refractivity contribution in [1.82, 2.24) is 0 Å². The molecule has 0 spiro atoms. The van der Waals surface area contributed by atoms with Gasteiger partial charge in [0.15, 0.2) is 0 Å². The maximum atomic E-state index is 12.3. The van der Waals surface area contributed by atoms with Crippen LogP contribution in [0.4, 0.5) is 11.4 Å². The number of nitro groups is 1. The number of carboxylic acid groups (broad SMARTS) is 1. The summed E-state index contributed by atoms with van der Waals surface area (Å²) < 4.78 is 0. The maximum Gasteiger partial charge on any atom is 0.307 e. The molecule has 0 aliphatic heterocycles. The Bertz CT molecular complexity index is 830. The van der Waals surface area contributed by atoms with Crippen LogP contribution in [0.5, 0.6) is 0 Å². The molecule has 26 heavy (non-hydrogen) atoms. The highest BCUT2D eigenvalue weighted by Gasteiger charge is 2.37. The summed E-state index contributed by atoms with van der Waals surface area (Å²) in [6, 6.07) is 13.3. The van der Waals surface area contributed by atoms with Crippen molar-refractivity contribution >= 4 is 23.3 Å². The number of non-ortho nitro benzene ring substituents is 1. The van der Waals surface area contributed by atoms with Crippen molar-refractivity contribution in [2.24, 2.45) is 11.8 Å². The largest absolute Gasteiger partial charge is 0.481 e. The third-order valence-electron chi connectivity index (χ3n) is 4.73. The highest BCUT2D eigenvalue weighted by atomic mass is 16.6. The second-order valence-electron chi connectivity index (χ2n) is 6.35. The van der Waals surface area contributed by atoms with Crippen molar-refractivity contribution in [3.8, 4) is 11.1 Å². The van der Waals surface area contributed by atoms with Gasteiger partial charge in [-0.25, -0.2) is 0 Å². The fourth-order valence-electron chi connectivity index (χ4n) is 3.33. The Morgan fingerprint density at radius 2 is 1.50 bits per heavy atom. The molecule has 1 amide bonds. The van der Waals surface area contributed by atoms with Gasteiger partial charge in [-0.05, 0) is 48.2 Å². The van der Waals surface area contributed by atoms with Gasteiger partial charge in [0, 0.05) is 17.8 Å². The van der Waals surface area contributed by atoms with Crippen LogP contribution in [0.3, 0.4) is 0 Å². The molecule has 1 fully saturated rings. The van der Waals surface area contributed by atoms with Crippen LogP contribution in [0, 0.1) is 22.0 Å². The Kier molecular flexibility index (Phi) is 4.97. The zero-order valence-electron chi connectivity index (χ0n) is 13.9. The molecule has 134 valence electrons. The Hall–Kier alpha value is -3.22. The van der Waals surface area contributed by atoms with E-state index in [9.17, 15) is 24.8 Å².